The summed E-state index contributed by atoms with van der Waals surface area (Å²) in [4.78, 5) is 35.4. The van der Waals surface area contributed by atoms with Gasteiger partial charge < -0.3 is 15.1 Å². The first-order valence-corrected chi connectivity index (χ1v) is 13.3. The molecule has 0 saturated carbocycles. The van der Waals surface area contributed by atoms with Crippen molar-refractivity contribution in [1.82, 2.24) is 20.1 Å². The lowest BCUT2D eigenvalue weighted by atomic mass is 9.85. The standard InChI is InChI=1S/C26H35FN4O2S/c1-18(24(32)28-12-17-30-13-4-3-5-14-30)20-10-15-31(16-11-20)26(33)23-19(2)29-25(34-23)21-6-8-22(27)9-7-21/h6-9,18,20H,3-5,10-17H2,1-2H3,(H,28,32)/t18-/m0/s1. The van der Waals surface area contributed by atoms with Gasteiger partial charge in [0.25, 0.3) is 5.91 Å². The van der Waals surface area contributed by atoms with Gasteiger partial charge in [0.2, 0.25) is 5.91 Å². The maximum Gasteiger partial charge on any atom is 0.265 e. The van der Waals surface area contributed by atoms with E-state index in [0.717, 1.165) is 43.0 Å². The first-order valence-electron chi connectivity index (χ1n) is 12.4. The van der Waals surface area contributed by atoms with Crippen molar-refractivity contribution in [3.05, 3.63) is 40.7 Å². The van der Waals surface area contributed by atoms with Crippen LogP contribution in [0.1, 0.15) is 54.4 Å². The Labute approximate surface area is 205 Å². The zero-order valence-electron chi connectivity index (χ0n) is 20.2. The maximum absolute atomic E-state index is 13.2. The highest BCUT2D eigenvalue weighted by molar-refractivity contribution is 7.17. The Kier molecular flexibility index (Phi) is 8.32. The molecule has 2 fully saturated rings. The third-order valence-electron chi connectivity index (χ3n) is 7.21. The molecule has 2 amide bonds. The SMILES string of the molecule is Cc1nc(-c2ccc(F)cc2)sc1C(=O)N1CCC([C@H](C)C(=O)NCCN2CCCCC2)CC1. The molecule has 0 aliphatic carbocycles. The molecule has 34 heavy (non-hydrogen) atoms. The van der Waals surface area contributed by atoms with Crippen LogP contribution in [0.25, 0.3) is 10.6 Å². The maximum atomic E-state index is 13.2. The zero-order valence-corrected chi connectivity index (χ0v) is 21.0. The molecule has 2 aliphatic rings. The Bertz CT molecular complexity index is 979. The van der Waals surface area contributed by atoms with Crippen molar-refractivity contribution in [2.45, 2.75) is 46.0 Å². The molecule has 0 spiro atoms. The molecular formula is C26H35FN4O2S. The summed E-state index contributed by atoms with van der Waals surface area (Å²) in [7, 11) is 0. The highest BCUT2D eigenvalue weighted by Gasteiger charge is 2.31. The number of aromatic nitrogens is 1. The summed E-state index contributed by atoms with van der Waals surface area (Å²) < 4.78 is 13.2. The Balaban J connectivity index is 1.26. The lowest BCUT2D eigenvalue weighted by Crippen LogP contribution is -2.44. The number of piperidine rings is 2. The minimum Gasteiger partial charge on any atom is -0.355 e. The number of hydrogen-bond donors (Lipinski definition) is 1. The van der Waals surface area contributed by atoms with Crippen LogP contribution in [-0.2, 0) is 4.79 Å². The van der Waals surface area contributed by atoms with Gasteiger partial charge in [0.1, 0.15) is 15.7 Å². The van der Waals surface area contributed by atoms with Gasteiger partial charge in [-0.15, -0.1) is 11.3 Å². The van der Waals surface area contributed by atoms with Crippen molar-refractivity contribution in [2.75, 3.05) is 39.3 Å². The fourth-order valence-electron chi connectivity index (χ4n) is 4.95. The van der Waals surface area contributed by atoms with Gasteiger partial charge in [0.05, 0.1) is 5.69 Å². The highest BCUT2D eigenvalue weighted by Crippen LogP contribution is 2.31. The van der Waals surface area contributed by atoms with Crippen LogP contribution in [0.2, 0.25) is 0 Å². The second-order valence-electron chi connectivity index (χ2n) is 9.55. The highest BCUT2D eigenvalue weighted by atomic mass is 32.1. The van der Waals surface area contributed by atoms with Crippen LogP contribution in [0.5, 0.6) is 0 Å². The molecule has 3 heterocycles. The molecule has 1 N–H and O–H groups in total. The summed E-state index contributed by atoms with van der Waals surface area (Å²) in [5.41, 5.74) is 1.52. The van der Waals surface area contributed by atoms with Crippen molar-refractivity contribution in [3.63, 3.8) is 0 Å². The predicted octanol–water partition coefficient (Wildman–Crippen LogP) is 4.35. The Morgan fingerprint density at radius 3 is 2.47 bits per heavy atom. The number of benzene rings is 1. The number of aryl methyl sites for hydroxylation is 1. The Morgan fingerprint density at radius 1 is 1.12 bits per heavy atom. The number of amides is 2. The predicted molar refractivity (Wildman–Crippen MR) is 133 cm³/mol. The van der Waals surface area contributed by atoms with Crippen LogP contribution in [0.3, 0.4) is 0 Å². The average molecular weight is 487 g/mol. The average Bonchev–Trinajstić information content (AvgIpc) is 3.25. The molecule has 184 valence electrons. The number of rotatable bonds is 7. The van der Waals surface area contributed by atoms with E-state index >= 15 is 0 Å². The van der Waals surface area contributed by atoms with Gasteiger partial charge in [-0.05, 0) is 75.9 Å². The van der Waals surface area contributed by atoms with E-state index in [1.807, 2.05) is 18.7 Å². The number of carbonyl (C=O) groups excluding carboxylic acids is 2. The number of nitrogens with one attached hydrogen (secondary N) is 1. The molecule has 0 unspecified atom stereocenters. The summed E-state index contributed by atoms with van der Waals surface area (Å²) in [5.74, 6) is 0.0794. The van der Waals surface area contributed by atoms with Crippen molar-refractivity contribution in [2.24, 2.45) is 11.8 Å². The quantitative estimate of drug-likeness (QED) is 0.632. The molecule has 0 radical (unpaired) electrons. The summed E-state index contributed by atoms with van der Waals surface area (Å²) in [5, 5.41) is 3.85. The van der Waals surface area contributed by atoms with Gasteiger partial charge in [-0.3, -0.25) is 9.59 Å². The normalized spacial score (nSPS) is 18.6. The second kappa shape index (κ2) is 11.4. The van der Waals surface area contributed by atoms with E-state index in [0.29, 0.717) is 30.2 Å². The molecule has 2 aromatic rings. The van der Waals surface area contributed by atoms with E-state index in [4.69, 9.17) is 0 Å². The van der Waals surface area contributed by atoms with Crippen LogP contribution in [0.15, 0.2) is 24.3 Å². The zero-order chi connectivity index (χ0) is 24.1. The lowest BCUT2D eigenvalue weighted by molar-refractivity contribution is -0.126. The van der Waals surface area contributed by atoms with Crippen LogP contribution in [0, 0.1) is 24.6 Å². The molecule has 1 aromatic carbocycles. The molecule has 0 bridgehead atoms. The Hall–Kier alpha value is -2.32. The summed E-state index contributed by atoms with van der Waals surface area (Å²) in [6, 6.07) is 6.19. The number of carbonyl (C=O) groups is 2. The van der Waals surface area contributed by atoms with Gasteiger partial charge in [-0.1, -0.05) is 13.3 Å². The first-order chi connectivity index (χ1) is 16.4. The molecule has 4 rings (SSSR count). The van der Waals surface area contributed by atoms with Crippen LogP contribution in [-0.4, -0.2) is 65.9 Å². The minimum absolute atomic E-state index is 0.000415. The molecule has 8 heteroatoms. The van der Waals surface area contributed by atoms with E-state index in [-0.39, 0.29) is 29.5 Å². The molecular weight excluding hydrogens is 451 g/mol. The van der Waals surface area contributed by atoms with E-state index < -0.39 is 0 Å². The number of hydrogen-bond acceptors (Lipinski definition) is 5. The van der Waals surface area contributed by atoms with Crippen molar-refractivity contribution < 1.29 is 14.0 Å². The van der Waals surface area contributed by atoms with Crippen molar-refractivity contribution >= 4 is 23.2 Å². The number of thiazole rings is 1. The van der Waals surface area contributed by atoms with Crippen LogP contribution < -0.4 is 5.32 Å². The third-order valence-corrected chi connectivity index (χ3v) is 8.40. The van der Waals surface area contributed by atoms with Gasteiger partial charge in [-0.25, -0.2) is 9.37 Å². The van der Waals surface area contributed by atoms with Gasteiger partial charge in [0, 0.05) is 37.7 Å². The number of nitrogens with zero attached hydrogens (tertiary/aromatic N) is 3. The molecule has 2 saturated heterocycles. The van der Waals surface area contributed by atoms with E-state index in [1.54, 1.807) is 12.1 Å². The van der Waals surface area contributed by atoms with Crippen molar-refractivity contribution in [1.29, 1.82) is 0 Å². The van der Waals surface area contributed by atoms with Gasteiger partial charge in [-0.2, -0.15) is 0 Å². The smallest absolute Gasteiger partial charge is 0.265 e. The third kappa shape index (κ3) is 6.02. The monoisotopic (exact) mass is 486 g/mol. The number of likely N-dealkylation sites (tertiary alicyclic amines) is 2. The Morgan fingerprint density at radius 2 is 1.79 bits per heavy atom. The fraction of sp³-hybridized carbons (Fsp3) is 0.577. The topological polar surface area (TPSA) is 65.5 Å². The molecule has 1 atom stereocenters. The summed E-state index contributed by atoms with van der Waals surface area (Å²) >= 11 is 1.36. The summed E-state index contributed by atoms with van der Waals surface area (Å²) in [6.45, 7) is 9.09. The van der Waals surface area contributed by atoms with E-state index in [1.165, 1.54) is 42.7 Å². The van der Waals surface area contributed by atoms with Crippen molar-refractivity contribution in [3.8, 4) is 10.6 Å². The fourth-order valence-corrected chi connectivity index (χ4v) is 5.99. The largest absolute Gasteiger partial charge is 0.355 e. The molecule has 1 aromatic heterocycles. The van der Waals surface area contributed by atoms with E-state index in [9.17, 15) is 14.0 Å². The van der Waals surface area contributed by atoms with E-state index in [2.05, 4.69) is 15.2 Å². The molecule has 2 aliphatic heterocycles. The van der Waals surface area contributed by atoms with Crippen LogP contribution in [0.4, 0.5) is 4.39 Å². The van der Waals surface area contributed by atoms with Crippen LogP contribution >= 0.6 is 11.3 Å². The second-order valence-corrected chi connectivity index (χ2v) is 10.6. The summed E-state index contributed by atoms with van der Waals surface area (Å²) in [6.07, 6.45) is 5.50. The molecule has 6 nitrogen and oxygen atoms in total. The minimum atomic E-state index is -0.291. The van der Waals surface area contributed by atoms with Gasteiger partial charge in [0.15, 0.2) is 0 Å². The van der Waals surface area contributed by atoms with Gasteiger partial charge >= 0.3 is 0 Å². The lowest BCUT2D eigenvalue weighted by Gasteiger charge is -2.34. The first kappa shape index (κ1) is 24.8. The number of halogens is 1.